The fourth-order valence-corrected chi connectivity index (χ4v) is 0.356. The molecule has 3 heteroatoms. The predicted molar refractivity (Wildman–Crippen MR) is 25.5 cm³/mol. The Hall–Kier alpha value is -0.860. The van der Waals surface area contributed by atoms with Crippen LogP contribution in [-0.2, 0) is 0 Å². The van der Waals surface area contributed by atoms with E-state index in [9.17, 15) is 0 Å². The Labute approximate surface area is 41.8 Å². The molecule has 0 unspecified atom stereocenters. The molecule has 0 aliphatic heterocycles. The molecule has 3 nitrogen and oxygen atoms in total. The van der Waals surface area contributed by atoms with E-state index in [2.05, 4.69) is 15.2 Å². The summed E-state index contributed by atoms with van der Waals surface area (Å²) in [6, 6.07) is 0. The van der Waals surface area contributed by atoms with E-state index >= 15 is 0 Å². The maximum atomic E-state index is 3.67. The molecule has 0 aliphatic carbocycles. The Morgan fingerprint density at radius 1 is 1.86 bits per heavy atom. The first-order valence-electron chi connectivity index (χ1n) is 2.09. The van der Waals surface area contributed by atoms with Crippen molar-refractivity contribution in [3.8, 4) is 0 Å². The average molecular weight is 96.1 g/mol. The molecule has 0 atom stereocenters. The predicted octanol–water partition coefficient (Wildman–Crippen LogP) is 0.377. The van der Waals surface area contributed by atoms with Crippen molar-refractivity contribution in [1.29, 1.82) is 0 Å². The number of aromatic amines is 1. The largest absolute Gasteiger partial charge is 0.331 e. The SMILES string of the molecule is C[CH]c1nnc[nH]1. The second-order valence-corrected chi connectivity index (χ2v) is 1.16. The Morgan fingerprint density at radius 2 is 2.71 bits per heavy atom. The molecule has 1 N–H and O–H groups in total. The standard InChI is InChI=1S/C4H6N3/c1-2-4-5-3-6-7-4/h2-3H,1H3,(H,5,6,7). The van der Waals surface area contributed by atoms with Crippen molar-refractivity contribution in [2.75, 3.05) is 0 Å². The van der Waals surface area contributed by atoms with Crippen LogP contribution in [0.1, 0.15) is 12.7 Å². The number of hydrogen-bond acceptors (Lipinski definition) is 2. The molecule has 0 bridgehead atoms. The molecule has 7 heavy (non-hydrogen) atoms. The minimum absolute atomic E-state index is 0.819. The zero-order valence-electron chi connectivity index (χ0n) is 4.05. The van der Waals surface area contributed by atoms with Crippen LogP contribution in [0.2, 0.25) is 0 Å². The first-order chi connectivity index (χ1) is 3.43. The van der Waals surface area contributed by atoms with Crippen LogP contribution in [0.5, 0.6) is 0 Å². The maximum absolute atomic E-state index is 3.67. The van der Waals surface area contributed by atoms with Crippen molar-refractivity contribution in [3.63, 3.8) is 0 Å². The second kappa shape index (κ2) is 1.73. The van der Waals surface area contributed by atoms with Crippen LogP contribution >= 0.6 is 0 Å². The summed E-state index contributed by atoms with van der Waals surface area (Å²) in [5.74, 6) is 0.819. The number of aromatic nitrogens is 3. The Morgan fingerprint density at radius 3 is 3.00 bits per heavy atom. The van der Waals surface area contributed by atoms with Gasteiger partial charge in [0.05, 0.1) is 0 Å². The lowest BCUT2D eigenvalue weighted by molar-refractivity contribution is 1.04. The van der Waals surface area contributed by atoms with Crippen molar-refractivity contribution in [2.45, 2.75) is 6.92 Å². The zero-order valence-corrected chi connectivity index (χ0v) is 4.05. The van der Waals surface area contributed by atoms with Crippen molar-refractivity contribution in [3.05, 3.63) is 18.6 Å². The van der Waals surface area contributed by atoms with Crippen LogP contribution in [0.25, 0.3) is 0 Å². The fraction of sp³-hybridized carbons (Fsp3) is 0.250. The summed E-state index contributed by atoms with van der Waals surface area (Å²) >= 11 is 0. The molecular formula is C4H6N3. The van der Waals surface area contributed by atoms with E-state index < -0.39 is 0 Å². The number of hydrogen-bond donors (Lipinski definition) is 1. The zero-order chi connectivity index (χ0) is 5.11. The quantitative estimate of drug-likeness (QED) is 0.549. The number of nitrogens with zero attached hydrogens (tertiary/aromatic N) is 2. The van der Waals surface area contributed by atoms with Gasteiger partial charge in [0.15, 0.2) is 0 Å². The molecule has 1 radical (unpaired) electrons. The molecule has 1 heterocycles. The van der Waals surface area contributed by atoms with Crippen LogP contribution in [0, 0.1) is 6.42 Å². The summed E-state index contributed by atoms with van der Waals surface area (Å²) in [5.41, 5.74) is 0. The van der Waals surface area contributed by atoms with E-state index in [0.29, 0.717) is 0 Å². The summed E-state index contributed by atoms with van der Waals surface area (Å²) in [6.07, 6.45) is 3.41. The fourth-order valence-electron chi connectivity index (χ4n) is 0.356. The van der Waals surface area contributed by atoms with E-state index in [1.165, 1.54) is 0 Å². The lowest BCUT2D eigenvalue weighted by atomic mass is 10.5. The minimum atomic E-state index is 0.819. The molecule has 0 fully saturated rings. The molecule has 1 aromatic rings. The molecule has 0 saturated carbocycles. The first kappa shape index (κ1) is 4.30. The normalized spacial score (nSPS) is 9.29. The summed E-state index contributed by atoms with van der Waals surface area (Å²) in [4.78, 5) is 2.81. The van der Waals surface area contributed by atoms with Gasteiger partial charge in [-0.1, -0.05) is 6.92 Å². The van der Waals surface area contributed by atoms with E-state index in [0.717, 1.165) is 5.82 Å². The molecule has 37 valence electrons. The van der Waals surface area contributed by atoms with Gasteiger partial charge in [0.1, 0.15) is 12.2 Å². The lowest BCUT2D eigenvalue weighted by Gasteiger charge is -1.76. The summed E-state index contributed by atoms with van der Waals surface area (Å²) in [6.45, 7) is 1.90. The highest BCUT2D eigenvalue weighted by Gasteiger charge is 1.85. The monoisotopic (exact) mass is 96.1 g/mol. The molecular weight excluding hydrogens is 90.1 g/mol. The van der Waals surface area contributed by atoms with Crippen molar-refractivity contribution in [2.24, 2.45) is 0 Å². The van der Waals surface area contributed by atoms with E-state index in [4.69, 9.17) is 0 Å². The van der Waals surface area contributed by atoms with Gasteiger partial charge in [0, 0.05) is 6.42 Å². The third-order valence-corrected chi connectivity index (χ3v) is 0.709. The second-order valence-electron chi connectivity index (χ2n) is 1.16. The third kappa shape index (κ3) is 0.765. The summed E-state index contributed by atoms with van der Waals surface area (Å²) in [7, 11) is 0. The van der Waals surface area contributed by atoms with Gasteiger partial charge >= 0.3 is 0 Å². The highest BCUT2D eigenvalue weighted by atomic mass is 15.2. The van der Waals surface area contributed by atoms with E-state index in [1.54, 1.807) is 6.33 Å². The lowest BCUT2D eigenvalue weighted by Crippen LogP contribution is -1.77. The molecule has 1 aromatic heterocycles. The summed E-state index contributed by atoms with van der Waals surface area (Å²) < 4.78 is 0. The van der Waals surface area contributed by atoms with Crippen LogP contribution in [0.3, 0.4) is 0 Å². The topological polar surface area (TPSA) is 41.6 Å². The highest BCUT2D eigenvalue weighted by molar-refractivity contribution is 4.92. The van der Waals surface area contributed by atoms with Gasteiger partial charge in [-0.3, -0.25) is 0 Å². The first-order valence-corrected chi connectivity index (χ1v) is 2.09. The maximum Gasteiger partial charge on any atom is 0.133 e. The molecule has 0 spiro atoms. The number of H-pyrrole nitrogens is 1. The Bertz CT molecular complexity index is 121. The Balaban J connectivity index is 2.76. The van der Waals surface area contributed by atoms with Crippen molar-refractivity contribution < 1.29 is 0 Å². The van der Waals surface area contributed by atoms with Crippen LogP contribution in [-0.4, -0.2) is 15.2 Å². The van der Waals surface area contributed by atoms with Gasteiger partial charge in [-0.2, -0.15) is 0 Å². The van der Waals surface area contributed by atoms with Gasteiger partial charge in [0.2, 0.25) is 0 Å². The molecule has 0 aromatic carbocycles. The van der Waals surface area contributed by atoms with Crippen LogP contribution < -0.4 is 0 Å². The van der Waals surface area contributed by atoms with Gasteiger partial charge in [-0.05, 0) is 0 Å². The van der Waals surface area contributed by atoms with Crippen LogP contribution in [0.15, 0.2) is 6.33 Å². The van der Waals surface area contributed by atoms with Crippen molar-refractivity contribution in [1.82, 2.24) is 15.2 Å². The minimum Gasteiger partial charge on any atom is -0.331 e. The van der Waals surface area contributed by atoms with Crippen LogP contribution in [0.4, 0.5) is 0 Å². The molecule has 0 saturated heterocycles. The summed E-state index contributed by atoms with van der Waals surface area (Å²) in [5, 5.41) is 7.23. The van der Waals surface area contributed by atoms with Gasteiger partial charge in [-0.25, -0.2) is 0 Å². The van der Waals surface area contributed by atoms with Gasteiger partial charge in [-0.15, -0.1) is 10.2 Å². The van der Waals surface area contributed by atoms with Gasteiger partial charge < -0.3 is 4.98 Å². The molecule has 1 rings (SSSR count). The smallest absolute Gasteiger partial charge is 0.133 e. The molecule has 0 amide bonds. The average Bonchev–Trinajstić information content (AvgIpc) is 2.14. The van der Waals surface area contributed by atoms with E-state index in [1.807, 2.05) is 13.3 Å². The van der Waals surface area contributed by atoms with Gasteiger partial charge in [0.25, 0.3) is 0 Å². The molecule has 0 aliphatic rings. The highest BCUT2D eigenvalue weighted by Crippen LogP contribution is 1.85. The number of nitrogens with one attached hydrogen (secondary N) is 1. The van der Waals surface area contributed by atoms with Crippen molar-refractivity contribution >= 4 is 0 Å². The Kier molecular flexibility index (Phi) is 1.06. The number of rotatable bonds is 1. The third-order valence-electron chi connectivity index (χ3n) is 0.709. The van der Waals surface area contributed by atoms with E-state index in [-0.39, 0.29) is 0 Å².